The molecule has 0 aromatic carbocycles. The molecule has 2 heterocycles. The molecule has 1 fully saturated rings. The monoisotopic (exact) mass is 257 g/mol. The number of pyridine rings is 1. The van der Waals surface area contributed by atoms with Crippen LogP contribution in [0.2, 0.25) is 0 Å². The molecule has 6 heteroatoms. The van der Waals surface area contributed by atoms with Gasteiger partial charge in [-0.2, -0.15) is 0 Å². The van der Waals surface area contributed by atoms with E-state index in [0.717, 1.165) is 18.9 Å². The topological polar surface area (TPSA) is 46.2 Å². The number of rotatable bonds is 4. The Morgan fingerprint density at radius 3 is 2.61 bits per heavy atom. The zero-order chi connectivity index (χ0) is 13.0. The number of hydrogen-bond acceptors (Lipinski definition) is 4. The van der Waals surface area contributed by atoms with E-state index in [4.69, 9.17) is 4.74 Å². The minimum absolute atomic E-state index is 0.0773. The summed E-state index contributed by atoms with van der Waals surface area (Å²) in [5.41, 5.74) is 0. The van der Waals surface area contributed by atoms with Gasteiger partial charge in [0.1, 0.15) is 0 Å². The predicted molar refractivity (Wildman–Crippen MR) is 65.8 cm³/mol. The summed E-state index contributed by atoms with van der Waals surface area (Å²) in [6.07, 6.45) is 1.60. The Kier molecular flexibility index (Phi) is 4.30. The van der Waals surface area contributed by atoms with Gasteiger partial charge in [0, 0.05) is 31.9 Å². The van der Waals surface area contributed by atoms with Crippen molar-refractivity contribution in [1.82, 2.24) is 4.98 Å². The zero-order valence-electron chi connectivity index (χ0n) is 10.3. The molecule has 1 saturated heterocycles. The average Bonchev–Trinajstić information content (AvgIpc) is 2.37. The molecular formula is C12H17F2N3O. The molecule has 0 amide bonds. The van der Waals surface area contributed by atoms with Crippen LogP contribution >= 0.6 is 0 Å². The highest BCUT2D eigenvalue weighted by atomic mass is 19.1. The molecule has 1 aliphatic heterocycles. The molecule has 0 saturated carbocycles. The summed E-state index contributed by atoms with van der Waals surface area (Å²) in [5, 5.41) is 5.77. The number of ether oxygens (including phenoxy) is 1. The van der Waals surface area contributed by atoms with Crippen molar-refractivity contribution in [2.75, 3.05) is 30.4 Å². The minimum Gasteiger partial charge on any atom is -0.381 e. The van der Waals surface area contributed by atoms with E-state index in [-0.39, 0.29) is 17.7 Å². The van der Waals surface area contributed by atoms with Crippen molar-refractivity contribution in [3.63, 3.8) is 0 Å². The number of halogens is 2. The Morgan fingerprint density at radius 1 is 1.28 bits per heavy atom. The summed E-state index contributed by atoms with van der Waals surface area (Å²) < 4.78 is 32.2. The van der Waals surface area contributed by atoms with Gasteiger partial charge in [0.15, 0.2) is 23.3 Å². The van der Waals surface area contributed by atoms with E-state index in [1.54, 1.807) is 0 Å². The highest BCUT2D eigenvalue weighted by molar-refractivity contribution is 5.48. The van der Waals surface area contributed by atoms with Gasteiger partial charge >= 0.3 is 0 Å². The van der Waals surface area contributed by atoms with E-state index < -0.39 is 11.6 Å². The van der Waals surface area contributed by atoms with Gasteiger partial charge < -0.3 is 15.4 Å². The maximum absolute atomic E-state index is 13.6. The highest BCUT2D eigenvalue weighted by Gasteiger charge is 2.17. The van der Waals surface area contributed by atoms with Crippen LogP contribution in [0.25, 0.3) is 0 Å². The maximum Gasteiger partial charge on any atom is 0.168 e. The van der Waals surface area contributed by atoms with Gasteiger partial charge in [-0.15, -0.1) is 0 Å². The van der Waals surface area contributed by atoms with Gasteiger partial charge in [0.25, 0.3) is 0 Å². The van der Waals surface area contributed by atoms with Crippen molar-refractivity contribution in [3.8, 4) is 0 Å². The minimum atomic E-state index is -0.674. The fourth-order valence-corrected chi connectivity index (χ4v) is 1.89. The largest absolute Gasteiger partial charge is 0.381 e. The van der Waals surface area contributed by atoms with Gasteiger partial charge in [-0.1, -0.05) is 0 Å². The van der Waals surface area contributed by atoms with Gasteiger partial charge in [-0.3, -0.25) is 0 Å². The molecule has 100 valence electrons. The van der Waals surface area contributed by atoms with Crippen molar-refractivity contribution in [2.45, 2.75) is 25.8 Å². The maximum atomic E-state index is 13.6. The van der Waals surface area contributed by atoms with Crippen LogP contribution in [0.5, 0.6) is 0 Å². The summed E-state index contributed by atoms with van der Waals surface area (Å²) >= 11 is 0. The van der Waals surface area contributed by atoms with Crippen molar-refractivity contribution in [2.24, 2.45) is 0 Å². The number of aromatic nitrogens is 1. The van der Waals surface area contributed by atoms with Crippen molar-refractivity contribution >= 4 is 11.6 Å². The lowest BCUT2D eigenvalue weighted by molar-refractivity contribution is 0.0903. The molecule has 0 atom stereocenters. The quantitative estimate of drug-likeness (QED) is 0.869. The fraction of sp³-hybridized carbons (Fsp3) is 0.583. The molecule has 1 aromatic heterocycles. The second-order valence-electron chi connectivity index (χ2n) is 4.21. The predicted octanol–water partition coefficient (Wildman–Crippen LogP) is 2.38. The molecule has 0 spiro atoms. The van der Waals surface area contributed by atoms with Crippen LogP contribution in [0.15, 0.2) is 6.07 Å². The van der Waals surface area contributed by atoms with E-state index in [0.29, 0.717) is 19.8 Å². The standard InChI is InChI=1S/C12H17F2N3O/c1-2-15-11-9(13)7-10(14)12(17-11)16-8-3-5-18-6-4-8/h7-8H,2-6H2,1H3,(H2,15,16,17). The summed E-state index contributed by atoms with van der Waals surface area (Å²) in [6, 6.07) is 0.979. The lowest BCUT2D eigenvalue weighted by atomic mass is 10.1. The van der Waals surface area contributed by atoms with Crippen molar-refractivity contribution in [1.29, 1.82) is 0 Å². The van der Waals surface area contributed by atoms with Gasteiger partial charge in [-0.05, 0) is 19.8 Å². The average molecular weight is 257 g/mol. The van der Waals surface area contributed by atoms with Crippen molar-refractivity contribution < 1.29 is 13.5 Å². The summed E-state index contributed by atoms with van der Waals surface area (Å²) in [4.78, 5) is 3.94. The molecule has 0 aliphatic carbocycles. The van der Waals surface area contributed by atoms with Crippen LogP contribution in [0.3, 0.4) is 0 Å². The second-order valence-corrected chi connectivity index (χ2v) is 4.21. The van der Waals surface area contributed by atoms with Crippen LogP contribution in [0.1, 0.15) is 19.8 Å². The van der Waals surface area contributed by atoms with Crippen LogP contribution in [-0.2, 0) is 4.74 Å². The lowest BCUT2D eigenvalue weighted by Gasteiger charge is -2.24. The number of anilines is 2. The molecule has 1 aromatic rings. The molecule has 1 aliphatic rings. The number of nitrogens with zero attached hydrogens (tertiary/aromatic N) is 1. The van der Waals surface area contributed by atoms with E-state index >= 15 is 0 Å². The molecule has 4 nitrogen and oxygen atoms in total. The SMILES string of the molecule is CCNc1nc(NC2CCOCC2)c(F)cc1F. The molecule has 0 radical (unpaired) electrons. The third kappa shape index (κ3) is 3.07. The summed E-state index contributed by atoms with van der Waals surface area (Å²) in [7, 11) is 0. The first kappa shape index (κ1) is 13.0. The first-order valence-corrected chi connectivity index (χ1v) is 6.15. The molecule has 2 N–H and O–H groups in total. The van der Waals surface area contributed by atoms with E-state index in [1.165, 1.54) is 0 Å². The first-order chi connectivity index (χ1) is 8.70. The Balaban J connectivity index is 2.12. The molecule has 0 bridgehead atoms. The summed E-state index contributed by atoms with van der Waals surface area (Å²) in [5.74, 6) is -1.17. The van der Waals surface area contributed by atoms with E-state index in [2.05, 4.69) is 15.6 Å². The van der Waals surface area contributed by atoms with Gasteiger partial charge in [-0.25, -0.2) is 13.8 Å². The van der Waals surface area contributed by atoms with Crippen LogP contribution in [0, 0.1) is 11.6 Å². The van der Waals surface area contributed by atoms with Crippen molar-refractivity contribution in [3.05, 3.63) is 17.7 Å². The lowest BCUT2D eigenvalue weighted by Crippen LogP contribution is -2.28. The first-order valence-electron chi connectivity index (χ1n) is 6.15. The third-order valence-corrected chi connectivity index (χ3v) is 2.84. The van der Waals surface area contributed by atoms with Crippen LogP contribution in [-0.4, -0.2) is 30.8 Å². The normalized spacial score (nSPS) is 16.6. The molecule has 18 heavy (non-hydrogen) atoms. The number of hydrogen-bond donors (Lipinski definition) is 2. The van der Waals surface area contributed by atoms with Gasteiger partial charge in [0.2, 0.25) is 0 Å². The second kappa shape index (κ2) is 5.95. The van der Waals surface area contributed by atoms with Crippen LogP contribution < -0.4 is 10.6 Å². The Labute approximate surface area is 105 Å². The summed E-state index contributed by atoms with van der Waals surface area (Å²) in [6.45, 7) is 3.67. The molecule has 2 rings (SSSR count). The molecule has 0 unspecified atom stereocenters. The number of nitrogens with one attached hydrogen (secondary N) is 2. The molecular weight excluding hydrogens is 240 g/mol. The van der Waals surface area contributed by atoms with Gasteiger partial charge in [0.05, 0.1) is 0 Å². The Hall–Kier alpha value is -1.43. The highest BCUT2D eigenvalue weighted by Crippen LogP contribution is 2.21. The Bertz CT molecular complexity index is 409. The Morgan fingerprint density at radius 2 is 1.94 bits per heavy atom. The smallest absolute Gasteiger partial charge is 0.168 e. The van der Waals surface area contributed by atoms with Crippen LogP contribution in [0.4, 0.5) is 20.4 Å². The van der Waals surface area contributed by atoms with E-state index in [1.807, 2.05) is 6.92 Å². The zero-order valence-corrected chi connectivity index (χ0v) is 10.3. The third-order valence-electron chi connectivity index (χ3n) is 2.84. The van der Waals surface area contributed by atoms with E-state index in [9.17, 15) is 8.78 Å². The fourth-order valence-electron chi connectivity index (χ4n) is 1.89.